The van der Waals surface area contributed by atoms with E-state index in [-0.39, 0.29) is 23.4 Å². The van der Waals surface area contributed by atoms with Crippen LogP contribution < -0.4 is 0 Å². The lowest BCUT2D eigenvalue weighted by atomic mass is 10.1. The molecule has 0 bridgehead atoms. The van der Waals surface area contributed by atoms with Crippen LogP contribution in [0.1, 0.15) is 22.8 Å². The maximum absolute atomic E-state index is 13.3. The normalized spacial score (nSPS) is 12.0. The van der Waals surface area contributed by atoms with Gasteiger partial charge in [0.25, 0.3) is 10.0 Å². The number of hydrogen-bond donors (Lipinski definition) is 0. The highest BCUT2D eigenvalue weighted by molar-refractivity contribution is 7.90. The molecular weight excluding hydrogens is 426 g/mol. The molecule has 0 spiro atoms. The molecule has 0 fully saturated rings. The highest BCUT2D eigenvalue weighted by atomic mass is 32.2. The van der Waals surface area contributed by atoms with Gasteiger partial charge in [0.05, 0.1) is 28.3 Å². The third-order valence-corrected chi connectivity index (χ3v) is 5.86. The predicted octanol–water partition coefficient (Wildman–Crippen LogP) is 4.73. The molecule has 0 radical (unpaired) electrons. The second-order valence-electron chi connectivity index (χ2n) is 6.16. The number of aromatic nitrogens is 1. The van der Waals surface area contributed by atoms with Crippen molar-refractivity contribution in [3.8, 4) is 11.3 Å². The maximum Gasteiger partial charge on any atom is 0.416 e. The van der Waals surface area contributed by atoms with Gasteiger partial charge in [-0.05, 0) is 67.1 Å². The van der Waals surface area contributed by atoms with Crippen LogP contribution in [0.15, 0.2) is 65.7 Å². The van der Waals surface area contributed by atoms with Crippen LogP contribution in [0.3, 0.4) is 0 Å². The molecule has 0 unspecified atom stereocenters. The molecule has 0 atom stereocenters. The van der Waals surface area contributed by atoms with Crippen LogP contribution in [0.2, 0.25) is 0 Å². The average molecular weight is 441 g/mol. The number of nitrogens with zero attached hydrogens (tertiary/aromatic N) is 1. The van der Waals surface area contributed by atoms with E-state index < -0.39 is 38.4 Å². The van der Waals surface area contributed by atoms with Crippen molar-refractivity contribution in [2.45, 2.75) is 18.0 Å². The molecule has 0 saturated carbocycles. The molecule has 0 aliphatic rings. The molecule has 2 aromatic carbocycles. The number of halogens is 4. The summed E-state index contributed by atoms with van der Waals surface area (Å²) in [6, 6.07) is 9.08. The van der Waals surface area contributed by atoms with Gasteiger partial charge in [0, 0.05) is 6.20 Å². The van der Waals surface area contributed by atoms with Gasteiger partial charge in [-0.1, -0.05) is 0 Å². The first kappa shape index (κ1) is 21.6. The van der Waals surface area contributed by atoms with Gasteiger partial charge in [-0.25, -0.2) is 21.6 Å². The number of carbonyl (C=O) groups excluding carboxylic acids is 1. The zero-order valence-electron chi connectivity index (χ0n) is 15.5. The summed E-state index contributed by atoms with van der Waals surface area (Å²) in [5, 5.41) is 0. The summed E-state index contributed by atoms with van der Waals surface area (Å²) >= 11 is 0. The number of benzene rings is 2. The molecule has 3 rings (SSSR count). The Morgan fingerprint density at radius 2 is 1.63 bits per heavy atom. The minimum Gasteiger partial charge on any atom is -0.462 e. The molecule has 0 N–H and O–H groups in total. The Morgan fingerprint density at radius 1 is 1.03 bits per heavy atom. The molecule has 10 heteroatoms. The monoisotopic (exact) mass is 441 g/mol. The molecule has 30 heavy (non-hydrogen) atoms. The summed E-state index contributed by atoms with van der Waals surface area (Å²) in [5.74, 6) is -1.32. The van der Waals surface area contributed by atoms with Crippen LogP contribution in [0.25, 0.3) is 11.3 Å². The van der Waals surface area contributed by atoms with Crippen molar-refractivity contribution in [3.05, 3.63) is 77.7 Å². The number of hydrogen-bond acceptors (Lipinski definition) is 4. The van der Waals surface area contributed by atoms with E-state index >= 15 is 0 Å². The molecular formula is C20H15F4NO4S. The third-order valence-electron chi connectivity index (χ3n) is 4.18. The van der Waals surface area contributed by atoms with Crippen molar-refractivity contribution in [1.29, 1.82) is 0 Å². The Balaban J connectivity index is 2.14. The molecule has 1 heterocycles. The first-order chi connectivity index (χ1) is 14.0. The minimum absolute atomic E-state index is 0.0259. The van der Waals surface area contributed by atoms with Gasteiger partial charge in [-0.2, -0.15) is 13.2 Å². The molecule has 0 aliphatic carbocycles. The fourth-order valence-corrected chi connectivity index (χ4v) is 4.11. The first-order valence-electron chi connectivity index (χ1n) is 8.62. The zero-order valence-corrected chi connectivity index (χ0v) is 16.3. The van der Waals surface area contributed by atoms with Crippen LogP contribution >= 0.6 is 0 Å². The lowest BCUT2D eigenvalue weighted by Crippen LogP contribution is -2.14. The van der Waals surface area contributed by atoms with Gasteiger partial charge in [0.15, 0.2) is 0 Å². The van der Waals surface area contributed by atoms with E-state index in [0.29, 0.717) is 12.1 Å². The molecule has 5 nitrogen and oxygen atoms in total. The number of rotatable bonds is 5. The first-order valence-corrected chi connectivity index (χ1v) is 10.1. The van der Waals surface area contributed by atoms with E-state index in [9.17, 15) is 30.8 Å². The van der Waals surface area contributed by atoms with Crippen LogP contribution in [-0.4, -0.2) is 25.0 Å². The van der Waals surface area contributed by atoms with Crippen molar-refractivity contribution in [2.24, 2.45) is 0 Å². The largest absolute Gasteiger partial charge is 0.462 e. The lowest BCUT2D eigenvalue weighted by molar-refractivity contribution is -0.137. The smallest absolute Gasteiger partial charge is 0.416 e. The van der Waals surface area contributed by atoms with Gasteiger partial charge in [0.2, 0.25) is 0 Å². The Hall–Kier alpha value is -3.14. The Morgan fingerprint density at radius 3 is 2.17 bits per heavy atom. The second kappa shape index (κ2) is 7.94. The van der Waals surface area contributed by atoms with E-state index in [1.165, 1.54) is 18.2 Å². The zero-order chi connectivity index (χ0) is 22.1. The topological polar surface area (TPSA) is 65.4 Å². The van der Waals surface area contributed by atoms with Gasteiger partial charge in [-0.3, -0.25) is 0 Å². The summed E-state index contributed by atoms with van der Waals surface area (Å²) in [6.45, 7) is 1.64. The molecule has 1 aromatic heterocycles. The lowest BCUT2D eigenvalue weighted by Gasteiger charge is -2.12. The molecule has 0 amide bonds. The van der Waals surface area contributed by atoms with Gasteiger partial charge in [-0.15, -0.1) is 0 Å². The van der Waals surface area contributed by atoms with Gasteiger partial charge >= 0.3 is 12.1 Å². The average Bonchev–Trinajstić information content (AvgIpc) is 3.15. The molecule has 158 valence electrons. The van der Waals surface area contributed by atoms with Crippen LogP contribution in [-0.2, 0) is 20.9 Å². The summed E-state index contributed by atoms with van der Waals surface area (Å²) in [5.41, 5.74) is -0.771. The Kier molecular flexibility index (Phi) is 5.71. The maximum atomic E-state index is 13.3. The van der Waals surface area contributed by atoms with Gasteiger partial charge < -0.3 is 4.74 Å². The number of alkyl halides is 3. The number of ether oxygens (including phenoxy) is 1. The van der Waals surface area contributed by atoms with Crippen molar-refractivity contribution in [1.82, 2.24) is 3.97 Å². The SMILES string of the molecule is CCOC(=O)c1cc(-c2ccc(F)cc2)n(S(=O)(=O)c2ccc(C(F)(F)F)cc2)c1. The summed E-state index contributed by atoms with van der Waals surface area (Å²) in [4.78, 5) is 11.7. The Bertz CT molecular complexity index is 1170. The van der Waals surface area contributed by atoms with E-state index in [1.54, 1.807) is 6.92 Å². The van der Waals surface area contributed by atoms with Crippen LogP contribution in [0.4, 0.5) is 17.6 Å². The number of esters is 1. The predicted molar refractivity (Wildman–Crippen MR) is 99.8 cm³/mol. The third kappa shape index (κ3) is 4.23. The highest BCUT2D eigenvalue weighted by Crippen LogP contribution is 2.31. The fraction of sp³-hybridized carbons (Fsp3) is 0.150. The quantitative estimate of drug-likeness (QED) is 0.424. The standard InChI is InChI=1S/C20H15F4NO4S/c1-2-29-19(26)14-11-18(13-3-7-16(21)8-4-13)25(12-14)30(27,28)17-9-5-15(6-10-17)20(22,23)24/h3-12H,2H2,1H3. The molecule has 3 aromatic rings. The van der Waals surface area contributed by atoms with E-state index in [2.05, 4.69) is 0 Å². The van der Waals surface area contributed by atoms with E-state index in [4.69, 9.17) is 4.74 Å². The van der Waals surface area contributed by atoms with E-state index in [0.717, 1.165) is 34.4 Å². The second-order valence-corrected chi connectivity index (χ2v) is 7.98. The van der Waals surface area contributed by atoms with Crippen molar-refractivity contribution in [2.75, 3.05) is 6.61 Å². The Labute approximate surface area is 169 Å². The molecule has 0 saturated heterocycles. The summed E-state index contributed by atoms with van der Waals surface area (Å²) < 4.78 is 83.5. The van der Waals surface area contributed by atoms with E-state index in [1.807, 2.05) is 0 Å². The minimum atomic E-state index is -4.62. The van der Waals surface area contributed by atoms with Crippen LogP contribution in [0.5, 0.6) is 0 Å². The van der Waals surface area contributed by atoms with Crippen molar-refractivity contribution >= 4 is 16.0 Å². The fourth-order valence-electron chi connectivity index (χ4n) is 2.73. The van der Waals surface area contributed by atoms with Crippen molar-refractivity contribution in [3.63, 3.8) is 0 Å². The van der Waals surface area contributed by atoms with Crippen LogP contribution in [0, 0.1) is 5.82 Å². The summed E-state index contributed by atoms with van der Waals surface area (Å²) in [7, 11) is -4.37. The molecule has 0 aliphatic heterocycles. The number of carbonyl (C=O) groups is 1. The van der Waals surface area contributed by atoms with Gasteiger partial charge in [0.1, 0.15) is 5.82 Å². The highest BCUT2D eigenvalue weighted by Gasteiger charge is 2.31. The van der Waals surface area contributed by atoms with Crippen molar-refractivity contribution < 1.29 is 35.5 Å². The summed E-state index contributed by atoms with van der Waals surface area (Å²) in [6.07, 6.45) is -3.60.